The largest absolute Gasteiger partial charge is 0.478 e. The van der Waals surface area contributed by atoms with Gasteiger partial charge in [-0.05, 0) is 18.9 Å². The van der Waals surface area contributed by atoms with E-state index in [-0.39, 0.29) is 16.6 Å². The highest BCUT2D eigenvalue weighted by molar-refractivity contribution is 6.35. The fourth-order valence-electron chi connectivity index (χ4n) is 1.09. The average Bonchev–Trinajstić information content (AvgIpc) is 2.20. The molecule has 0 fully saturated rings. The van der Waals surface area contributed by atoms with E-state index in [9.17, 15) is 4.79 Å². The quantitative estimate of drug-likeness (QED) is 0.852. The summed E-state index contributed by atoms with van der Waals surface area (Å²) in [7, 11) is 0. The number of pyridine rings is 1. The number of nitrogens with one attached hydrogen (secondary N) is 1. The highest BCUT2D eigenvalue weighted by Crippen LogP contribution is 2.24. The lowest BCUT2D eigenvalue weighted by molar-refractivity contribution is 0.0697. The van der Waals surface area contributed by atoms with Crippen LogP contribution >= 0.6 is 11.6 Å². The lowest BCUT2D eigenvalue weighted by atomic mass is 10.1. The van der Waals surface area contributed by atoms with Crippen LogP contribution in [0.5, 0.6) is 0 Å². The fourth-order valence-corrected chi connectivity index (χ4v) is 1.34. The van der Waals surface area contributed by atoms with Crippen LogP contribution in [0.2, 0.25) is 5.02 Å². The van der Waals surface area contributed by atoms with Crippen molar-refractivity contribution in [3.63, 3.8) is 0 Å². The van der Waals surface area contributed by atoms with Gasteiger partial charge in [-0.2, -0.15) is 0 Å². The molecule has 0 saturated heterocycles. The summed E-state index contributed by atoms with van der Waals surface area (Å²) in [6, 6.07) is 1.56. The molecule has 0 bridgehead atoms. The first-order valence-electron chi connectivity index (χ1n) is 5.07. The number of carboxylic acids is 1. The van der Waals surface area contributed by atoms with Crippen LogP contribution in [0.1, 0.15) is 31.1 Å². The summed E-state index contributed by atoms with van der Waals surface area (Å²) in [6.07, 6.45) is 1.44. The minimum Gasteiger partial charge on any atom is -0.478 e. The molecule has 1 heterocycles. The second kappa shape index (κ2) is 5.16. The molecule has 0 aliphatic rings. The van der Waals surface area contributed by atoms with Gasteiger partial charge in [0.2, 0.25) is 0 Å². The Labute approximate surface area is 99.6 Å². The van der Waals surface area contributed by atoms with Gasteiger partial charge in [0.15, 0.2) is 0 Å². The maximum atomic E-state index is 10.9. The van der Waals surface area contributed by atoms with Crippen molar-refractivity contribution < 1.29 is 9.90 Å². The number of anilines is 1. The van der Waals surface area contributed by atoms with Crippen LogP contribution in [-0.4, -0.2) is 22.1 Å². The van der Waals surface area contributed by atoms with Crippen molar-refractivity contribution in [2.75, 3.05) is 5.32 Å². The molecule has 1 rings (SSSR count). The summed E-state index contributed by atoms with van der Waals surface area (Å²) in [6.45, 7) is 6.12. The average molecular weight is 243 g/mol. The van der Waals surface area contributed by atoms with Crippen LogP contribution in [0.25, 0.3) is 0 Å². The number of carboxylic acid groups (broad SMARTS) is 1. The first-order chi connectivity index (χ1) is 7.43. The molecule has 0 saturated carbocycles. The summed E-state index contributed by atoms with van der Waals surface area (Å²) < 4.78 is 0. The van der Waals surface area contributed by atoms with E-state index in [1.54, 1.807) is 0 Å². The number of hydrogen-bond donors (Lipinski definition) is 2. The van der Waals surface area contributed by atoms with Gasteiger partial charge in [0.1, 0.15) is 5.82 Å². The van der Waals surface area contributed by atoms with Crippen molar-refractivity contribution in [3.8, 4) is 0 Å². The zero-order chi connectivity index (χ0) is 12.3. The highest BCUT2D eigenvalue weighted by Gasteiger charge is 2.15. The minimum absolute atomic E-state index is 0.0649. The number of rotatable bonds is 4. The Morgan fingerprint density at radius 2 is 2.12 bits per heavy atom. The Bertz CT molecular complexity index is 394. The maximum absolute atomic E-state index is 10.9. The van der Waals surface area contributed by atoms with Crippen molar-refractivity contribution in [2.24, 2.45) is 5.92 Å². The van der Waals surface area contributed by atoms with Crippen molar-refractivity contribution in [2.45, 2.75) is 26.8 Å². The first kappa shape index (κ1) is 12.8. The third-order valence-electron chi connectivity index (χ3n) is 2.48. The van der Waals surface area contributed by atoms with Gasteiger partial charge in [0.05, 0.1) is 10.6 Å². The molecular formula is C11H15ClN2O2. The van der Waals surface area contributed by atoms with Gasteiger partial charge < -0.3 is 10.4 Å². The number of hydrogen-bond acceptors (Lipinski definition) is 3. The van der Waals surface area contributed by atoms with Gasteiger partial charge in [-0.3, -0.25) is 0 Å². The Balaban J connectivity index is 2.98. The van der Waals surface area contributed by atoms with Gasteiger partial charge in [0, 0.05) is 12.2 Å². The van der Waals surface area contributed by atoms with Crippen molar-refractivity contribution in [3.05, 3.63) is 22.8 Å². The molecule has 0 aromatic carbocycles. The van der Waals surface area contributed by atoms with E-state index in [0.717, 1.165) is 0 Å². The monoisotopic (exact) mass is 242 g/mol. The molecule has 0 aliphatic heterocycles. The molecule has 1 aromatic rings. The summed E-state index contributed by atoms with van der Waals surface area (Å²) in [4.78, 5) is 14.9. The lowest BCUT2D eigenvalue weighted by Gasteiger charge is -2.19. The molecule has 4 nitrogen and oxygen atoms in total. The molecule has 1 unspecified atom stereocenters. The minimum atomic E-state index is -1.05. The molecule has 88 valence electrons. The molecular weight excluding hydrogens is 228 g/mol. The van der Waals surface area contributed by atoms with Crippen LogP contribution in [0, 0.1) is 5.92 Å². The second-order valence-electron chi connectivity index (χ2n) is 4.00. The van der Waals surface area contributed by atoms with Gasteiger partial charge in [-0.1, -0.05) is 25.4 Å². The Hall–Kier alpha value is -1.29. The second-order valence-corrected chi connectivity index (χ2v) is 4.38. The van der Waals surface area contributed by atoms with Crippen LogP contribution in [-0.2, 0) is 0 Å². The number of carbonyl (C=O) groups is 1. The highest BCUT2D eigenvalue weighted by atomic mass is 35.5. The Kier molecular flexibility index (Phi) is 4.12. The molecule has 1 atom stereocenters. The molecule has 0 spiro atoms. The number of nitrogens with zero attached hydrogens (tertiary/aromatic N) is 1. The predicted molar refractivity (Wildman–Crippen MR) is 64.1 cm³/mol. The van der Waals surface area contributed by atoms with E-state index in [1.165, 1.54) is 12.3 Å². The van der Waals surface area contributed by atoms with Crippen LogP contribution in [0.3, 0.4) is 0 Å². The predicted octanol–water partition coefficient (Wildman–Crippen LogP) is 2.89. The molecule has 0 radical (unpaired) electrons. The van der Waals surface area contributed by atoms with Gasteiger partial charge in [0.25, 0.3) is 0 Å². The van der Waals surface area contributed by atoms with Gasteiger partial charge in [-0.15, -0.1) is 0 Å². The molecule has 0 amide bonds. The zero-order valence-electron chi connectivity index (χ0n) is 9.49. The molecule has 0 aliphatic carbocycles. The third kappa shape index (κ3) is 2.85. The van der Waals surface area contributed by atoms with E-state index in [4.69, 9.17) is 16.7 Å². The molecule has 16 heavy (non-hydrogen) atoms. The number of halogens is 1. The van der Waals surface area contributed by atoms with Crippen LogP contribution in [0.4, 0.5) is 5.82 Å². The summed E-state index contributed by atoms with van der Waals surface area (Å²) >= 11 is 5.95. The fraction of sp³-hybridized carbons (Fsp3) is 0.455. The Morgan fingerprint density at radius 3 is 2.62 bits per heavy atom. The van der Waals surface area contributed by atoms with Crippen LogP contribution in [0.15, 0.2) is 12.3 Å². The molecule has 5 heteroatoms. The number of aromatic nitrogens is 1. The SMILES string of the molecule is CC(C)C(C)Nc1nccc(C(=O)O)c1Cl. The maximum Gasteiger partial charge on any atom is 0.337 e. The van der Waals surface area contributed by atoms with Crippen molar-refractivity contribution in [1.82, 2.24) is 4.98 Å². The van der Waals surface area contributed by atoms with E-state index >= 15 is 0 Å². The van der Waals surface area contributed by atoms with Crippen molar-refractivity contribution >= 4 is 23.4 Å². The summed E-state index contributed by atoms with van der Waals surface area (Å²) in [5, 5.41) is 12.1. The topological polar surface area (TPSA) is 62.2 Å². The first-order valence-corrected chi connectivity index (χ1v) is 5.45. The normalized spacial score (nSPS) is 12.6. The Morgan fingerprint density at radius 1 is 1.50 bits per heavy atom. The van der Waals surface area contributed by atoms with Gasteiger partial charge >= 0.3 is 5.97 Å². The lowest BCUT2D eigenvalue weighted by Crippen LogP contribution is -2.22. The molecule has 2 N–H and O–H groups in total. The van der Waals surface area contributed by atoms with E-state index in [0.29, 0.717) is 11.7 Å². The molecule has 1 aromatic heterocycles. The smallest absolute Gasteiger partial charge is 0.337 e. The van der Waals surface area contributed by atoms with Crippen LogP contribution < -0.4 is 5.32 Å². The van der Waals surface area contributed by atoms with Gasteiger partial charge in [-0.25, -0.2) is 9.78 Å². The summed E-state index contributed by atoms with van der Waals surface area (Å²) in [5.74, 6) is -0.221. The summed E-state index contributed by atoms with van der Waals surface area (Å²) in [5.41, 5.74) is 0.0649. The number of aromatic carboxylic acids is 1. The zero-order valence-corrected chi connectivity index (χ0v) is 10.2. The van der Waals surface area contributed by atoms with E-state index < -0.39 is 5.97 Å². The van der Waals surface area contributed by atoms with Crippen molar-refractivity contribution in [1.29, 1.82) is 0 Å². The van der Waals surface area contributed by atoms with E-state index in [2.05, 4.69) is 24.1 Å². The third-order valence-corrected chi connectivity index (χ3v) is 2.87. The van der Waals surface area contributed by atoms with E-state index in [1.807, 2.05) is 6.92 Å². The standard InChI is InChI=1S/C11H15ClN2O2/c1-6(2)7(3)14-10-9(12)8(11(15)16)4-5-13-10/h4-7H,1-3H3,(H,13,14)(H,15,16).